The fraction of sp³-hybridized carbons (Fsp3) is 0.357. The van der Waals surface area contributed by atoms with E-state index in [4.69, 9.17) is 5.73 Å². The van der Waals surface area contributed by atoms with Gasteiger partial charge in [-0.05, 0) is 36.6 Å². The normalized spacial score (nSPS) is 12.6. The molecular formula is C14H17F2N3. The van der Waals surface area contributed by atoms with Gasteiger partial charge in [0.2, 0.25) is 0 Å². The monoisotopic (exact) mass is 265 g/mol. The van der Waals surface area contributed by atoms with Crippen LogP contribution in [0.25, 0.3) is 0 Å². The summed E-state index contributed by atoms with van der Waals surface area (Å²) >= 11 is 0. The van der Waals surface area contributed by atoms with E-state index in [0.29, 0.717) is 12.0 Å². The molecule has 0 aliphatic rings. The molecule has 0 spiro atoms. The first-order chi connectivity index (χ1) is 9.11. The SMILES string of the molecule is CCCn1nccc1C(N)Cc1ccc(F)c(F)c1. The van der Waals surface area contributed by atoms with E-state index in [9.17, 15) is 8.78 Å². The Bertz CT molecular complexity index is 551. The van der Waals surface area contributed by atoms with E-state index in [2.05, 4.69) is 12.0 Å². The minimum Gasteiger partial charge on any atom is -0.322 e. The molecule has 0 amide bonds. The third kappa shape index (κ3) is 3.17. The van der Waals surface area contributed by atoms with Gasteiger partial charge in [0, 0.05) is 12.7 Å². The Morgan fingerprint density at radius 2 is 2.05 bits per heavy atom. The van der Waals surface area contributed by atoms with Crippen molar-refractivity contribution in [3.8, 4) is 0 Å². The predicted molar refractivity (Wildman–Crippen MR) is 69.5 cm³/mol. The Morgan fingerprint density at radius 3 is 2.74 bits per heavy atom. The number of benzene rings is 1. The molecule has 0 saturated carbocycles. The lowest BCUT2D eigenvalue weighted by Crippen LogP contribution is -2.18. The van der Waals surface area contributed by atoms with Crippen molar-refractivity contribution in [2.24, 2.45) is 5.73 Å². The van der Waals surface area contributed by atoms with Crippen LogP contribution >= 0.6 is 0 Å². The summed E-state index contributed by atoms with van der Waals surface area (Å²) in [6.07, 6.45) is 3.12. The number of nitrogens with two attached hydrogens (primary N) is 1. The molecule has 19 heavy (non-hydrogen) atoms. The molecule has 0 saturated heterocycles. The number of hydrogen-bond donors (Lipinski definition) is 1. The molecule has 2 N–H and O–H groups in total. The Morgan fingerprint density at radius 1 is 1.26 bits per heavy atom. The van der Waals surface area contributed by atoms with Gasteiger partial charge in [-0.1, -0.05) is 13.0 Å². The van der Waals surface area contributed by atoms with Gasteiger partial charge >= 0.3 is 0 Å². The van der Waals surface area contributed by atoms with Crippen LogP contribution in [0.3, 0.4) is 0 Å². The van der Waals surface area contributed by atoms with E-state index in [1.54, 1.807) is 12.3 Å². The zero-order valence-corrected chi connectivity index (χ0v) is 10.8. The highest BCUT2D eigenvalue weighted by Gasteiger charge is 2.13. The lowest BCUT2D eigenvalue weighted by molar-refractivity contribution is 0.504. The third-order valence-electron chi connectivity index (χ3n) is 3.00. The second-order valence-corrected chi connectivity index (χ2v) is 4.54. The van der Waals surface area contributed by atoms with E-state index >= 15 is 0 Å². The first kappa shape index (κ1) is 13.7. The van der Waals surface area contributed by atoms with Crippen LogP contribution in [0, 0.1) is 11.6 Å². The number of aryl methyl sites for hydroxylation is 1. The van der Waals surface area contributed by atoms with Crippen molar-refractivity contribution in [3.63, 3.8) is 0 Å². The highest BCUT2D eigenvalue weighted by atomic mass is 19.2. The van der Waals surface area contributed by atoms with Crippen LogP contribution in [0.4, 0.5) is 8.78 Å². The van der Waals surface area contributed by atoms with Crippen LogP contribution in [-0.4, -0.2) is 9.78 Å². The van der Waals surface area contributed by atoms with E-state index in [1.807, 2.05) is 10.7 Å². The zero-order valence-electron chi connectivity index (χ0n) is 10.8. The van der Waals surface area contributed by atoms with Gasteiger partial charge < -0.3 is 5.73 Å². The topological polar surface area (TPSA) is 43.8 Å². The average molecular weight is 265 g/mol. The van der Waals surface area contributed by atoms with Gasteiger partial charge in [-0.15, -0.1) is 0 Å². The van der Waals surface area contributed by atoms with Gasteiger partial charge in [0.1, 0.15) is 0 Å². The molecule has 1 aromatic heterocycles. The first-order valence-electron chi connectivity index (χ1n) is 6.33. The quantitative estimate of drug-likeness (QED) is 0.903. The molecule has 0 aliphatic carbocycles. The van der Waals surface area contributed by atoms with Crippen molar-refractivity contribution in [2.75, 3.05) is 0 Å². The maximum atomic E-state index is 13.1. The summed E-state index contributed by atoms with van der Waals surface area (Å²) in [6, 6.07) is 5.45. The molecule has 5 heteroatoms. The maximum Gasteiger partial charge on any atom is 0.159 e. The molecule has 2 rings (SSSR count). The summed E-state index contributed by atoms with van der Waals surface area (Å²) in [7, 11) is 0. The summed E-state index contributed by atoms with van der Waals surface area (Å²) in [4.78, 5) is 0. The predicted octanol–water partition coefficient (Wildman–Crippen LogP) is 2.81. The molecule has 0 radical (unpaired) electrons. The average Bonchev–Trinajstić information content (AvgIpc) is 2.83. The number of aromatic nitrogens is 2. The summed E-state index contributed by atoms with van der Waals surface area (Å²) in [5.74, 6) is -1.68. The van der Waals surface area contributed by atoms with E-state index in [-0.39, 0.29) is 6.04 Å². The molecule has 1 aromatic carbocycles. The molecule has 3 nitrogen and oxygen atoms in total. The van der Waals surface area contributed by atoms with Crippen molar-refractivity contribution in [3.05, 3.63) is 53.4 Å². The van der Waals surface area contributed by atoms with Crippen molar-refractivity contribution >= 4 is 0 Å². The Kier molecular flexibility index (Phi) is 4.27. The van der Waals surface area contributed by atoms with Gasteiger partial charge in [-0.25, -0.2) is 8.78 Å². The largest absolute Gasteiger partial charge is 0.322 e. The third-order valence-corrected chi connectivity index (χ3v) is 3.00. The van der Waals surface area contributed by atoms with Crippen LogP contribution in [0.15, 0.2) is 30.5 Å². The van der Waals surface area contributed by atoms with Crippen LogP contribution in [0.2, 0.25) is 0 Å². The Hall–Kier alpha value is -1.75. The number of halogens is 2. The number of rotatable bonds is 5. The minimum atomic E-state index is -0.841. The zero-order chi connectivity index (χ0) is 13.8. The molecule has 102 valence electrons. The highest BCUT2D eigenvalue weighted by molar-refractivity contribution is 5.21. The molecular weight excluding hydrogens is 248 g/mol. The number of nitrogens with zero attached hydrogens (tertiary/aromatic N) is 2. The van der Waals surface area contributed by atoms with Crippen molar-refractivity contribution in [1.82, 2.24) is 9.78 Å². The van der Waals surface area contributed by atoms with Crippen molar-refractivity contribution in [1.29, 1.82) is 0 Å². The fourth-order valence-electron chi connectivity index (χ4n) is 2.08. The first-order valence-corrected chi connectivity index (χ1v) is 6.33. The minimum absolute atomic E-state index is 0.279. The van der Waals surface area contributed by atoms with E-state index < -0.39 is 11.6 Å². The summed E-state index contributed by atoms with van der Waals surface area (Å²) in [5.41, 5.74) is 7.70. The van der Waals surface area contributed by atoms with Gasteiger partial charge in [-0.2, -0.15) is 5.10 Å². The molecule has 0 fully saturated rings. The van der Waals surface area contributed by atoms with E-state index in [1.165, 1.54) is 6.07 Å². The molecule has 2 aromatic rings. The van der Waals surface area contributed by atoms with Crippen molar-refractivity contribution < 1.29 is 8.78 Å². The fourth-order valence-corrected chi connectivity index (χ4v) is 2.08. The van der Waals surface area contributed by atoms with Crippen LogP contribution in [0.5, 0.6) is 0 Å². The maximum absolute atomic E-state index is 13.1. The van der Waals surface area contributed by atoms with Gasteiger partial charge in [0.15, 0.2) is 11.6 Å². The summed E-state index contributed by atoms with van der Waals surface area (Å²) < 4.78 is 27.8. The molecule has 0 aliphatic heterocycles. The number of hydrogen-bond acceptors (Lipinski definition) is 2. The second-order valence-electron chi connectivity index (χ2n) is 4.54. The summed E-state index contributed by atoms with van der Waals surface area (Å²) in [5, 5.41) is 4.20. The molecule has 1 unspecified atom stereocenters. The Balaban J connectivity index is 2.13. The van der Waals surface area contributed by atoms with E-state index in [0.717, 1.165) is 24.7 Å². The standard InChI is InChI=1S/C14H17F2N3/c1-2-7-19-14(5-6-18-19)13(17)9-10-3-4-11(15)12(16)8-10/h3-6,8,13H,2,7,9,17H2,1H3. The Labute approximate surface area is 111 Å². The van der Waals surface area contributed by atoms with Crippen LogP contribution in [-0.2, 0) is 13.0 Å². The highest BCUT2D eigenvalue weighted by Crippen LogP contribution is 2.18. The molecule has 0 bridgehead atoms. The van der Waals surface area contributed by atoms with Crippen LogP contribution < -0.4 is 5.73 Å². The molecule has 1 atom stereocenters. The van der Waals surface area contributed by atoms with Crippen molar-refractivity contribution in [2.45, 2.75) is 32.4 Å². The molecule has 1 heterocycles. The smallest absolute Gasteiger partial charge is 0.159 e. The van der Waals surface area contributed by atoms with Gasteiger partial charge in [0.05, 0.1) is 11.7 Å². The van der Waals surface area contributed by atoms with Gasteiger partial charge in [-0.3, -0.25) is 4.68 Å². The summed E-state index contributed by atoms with van der Waals surface area (Å²) in [6.45, 7) is 2.86. The second kappa shape index (κ2) is 5.93. The lowest BCUT2D eigenvalue weighted by atomic mass is 10.0. The van der Waals surface area contributed by atoms with Crippen LogP contribution in [0.1, 0.15) is 30.6 Å². The van der Waals surface area contributed by atoms with Gasteiger partial charge in [0.25, 0.3) is 0 Å². The lowest BCUT2D eigenvalue weighted by Gasteiger charge is -2.14.